The molecular formula is C14H12IN3O3. The minimum absolute atomic E-state index is 0.0478. The molecule has 0 spiro atoms. The third kappa shape index (κ3) is 3.54. The van der Waals surface area contributed by atoms with Crippen LogP contribution in [0.4, 0.5) is 5.69 Å². The van der Waals surface area contributed by atoms with E-state index >= 15 is 0 Å². The molecule has 0 aliphatic carbocycles. The van der Waals surface area contributed by atoms with Gasteiger partial charge in [-0.15, -0.1) is 0 Å². The topological polar surface area (TPSA) is 92.2 Å². The number of carboxylic acid groups (broad SMARTS) is 1. The van der Waals surface area contributed by atoms with Crippen molar-refractivity contribution in [3.8, 4) is 0 Å². The number of nitrogens with zero attached hydrogens (tertiary/aromatic N) is 2. The first kappa shape index (κ1) is 15.4. The van der Waals surface area contributed by atoms with Gasteiger partial charge in [-0.3, -0.25) is 4.79 Å². The molecule has 2 N–H and O–H groups in total. The summed E-state index contributed by atoms with van der Waals surface area (Å²) in [6.07, 6.45) is 0. The molecule has 1 amide bonds. The van der Waals surface area contributed by atoms with Gasteiger partial charge in [0.2, 0.25) is 0 Å². The van der Waals surface area contributed by atoms with Crippen LogP contribution in [0, 0.1) is 17.4 Å². The maximum absolute atomic E-state index is 12.3. The molecule has 0 unspecified atom stereocenters. The molecular weight excluding hydrogens is 385 g/mol. The van der Waals surface area contributed by atoms with Gasteiger partial charge in [-0.05, 0) is 60.7 Å². The smallest absolute Gasteiger partial charge is 0.337 e. The van der Waals surface area contributed by atoms with Crippen LogP contribution in [0.5, 0.6) is 0 Å². The summed E-state index contributed by atoms with van der Waals surface area (Å²) in [5, 5.41) is 19.6. The normalized spacial score (nSPS) is 10.2. The van der Waals surface area contributed by atoms with Gasteiger partial charge >= 0.3 is 5.97 Å². The Kier molecular flexibility index (Phi) is 4.51. The standard InChI is InChI=1S/C14H12IN3O3/c1-7-5-10(8(2)18-17-7)13(19)16-12-4-3-9(15)6-11(12)14(20)21/h3-6H,1-2H3,(H,16,19)(H,20,21). The van der Waals surface area contributed by atoms with E-state index in [0.29, 0.717) is 17.0 Å². The third-order valence-corrected chi connectivity index (χ3v) is 3.48. The van der Waals surface area contributed by atoms with Crippen molar-refractivity contribution in [1.82, 2.24) is 10.2 Å². The van der Waals surface area contributed by atoms with Gasteiger partial charge in [0, 0.05) is 3.57 Å². The highest BCUT2D eigenvalue weighted by Crippen LogP contribution is 2.20. The molecule has 21 heavy (non-hydrogen) atoms. The Morgan fingerprint density at radius 2 is 1.86 bits per heavy atom. The number of halogens is 1. The SMILES string of the molecule is Cc1cc(C(=O)Nc2ccc(I)cc2C(=O)O)c(C)nn1. The number of hydrogen-bond acceptors (Lipinski definition) is 4. The van der Waals surface area contributed by atoms with E-state index < -0.39 is 11.9 Å². The van der Waals surface area contributed by atoms with Gasteiger partial charge < -0.3 is 10.4 Å². The summed E-state index contributed by atoms with van der Waals surface area (Å²) in [7, 11) is 0. The quantitative estimate of drug-likeness (QED) is 0.778. The zero-order valence-electron chi connectivity index (χ0n) is 11.3. The van der Waals surface area contributed by atoms with Crippen molar-refractivity contribution < 1.29 is 14.7 Å². The third-order valence-electron chi connectivity index (χ3n) is 2.81. The van der Waals surface area contributed by atoms with Crippen LogP contribution in [0.3, 0.4) is 0 Å². The summed E-state index contributed by atoms with van der Waals surface area (Å²) in [4.78, 5) is 23.5. The molecule has 108 valence electrons. The second-order valence-corrected chi connectivity index (χ2v) is 5.68. The molecule has 0 saturated carbocycles. The van der Waals surface area contributed by atoms with Gasteiger partial charge in [0.1, 0.15) is 0 Å². The average molecular weight is 397 g/mol. The second-order valence-electron chi connectivity index (χ2n) is 4.43. The van der Waals surface area contributed by atoms with Crippen LogP contribution in [-0.4, -0.2) is 27.2 Å². The molecule has 1 aromatic heterocycles. The van der Waals surface area contributed by atoms with Gasteiger partial charge in [0.05, 0.1) is 28.2 Å². The first-order valence-electron chi connectivity index (χ1n) is 6.03. The monoisotopic (exact) mass is 397 g/mol. The summed E-state index contributed by atoms with van der Waals surface area (Å²) < 4.78 is 0.778. The number of carbonyl (C=O) groups is 2. The van der Waals surface area contributed by atoms with Crippen LogP contribution in [0.1, 0.15) is 32.1 Å². The zero-order valence-corrected chi connectivity index (χ0v) is 13.5. The lowest BCUT2D eigenvalue weighted by Crippen LogP contribution is -2.17. The minimum atomic E-state index is -1.09. The summed E-state index contributed by atoms with van der Waals surface area (Å²) in [5.74, 6) is -1.50. The summed E-state index contributed by atoms with van der Waals surface area (Å²) in [6.45, 7) is 3.41. The van der Waals surface area contributed by atoms with E-state index in [1.807, 2.05) is 22.6 Å². The molecule has 1 heterocycles. The number of carbonyl (C=O) groups excluding carboxylic acids is 1. The molecule has 6 nitrogen and oxygen atoms in total. The van der Waals surface area contributed by atoms with Crippen LogP contribution in [-0.2, 0) is 0 Å². The molecule has 2 aromatic rings. The molecule has 7 heteroatoms. The number of rotatable bonds is 3. The Hall–Kier alpha value is -2.03. The van der Waals surface area contributed by atoms with E-state index in [4.69, 9.17) is 0 Å². The fraction of sp³-hybridized carbons (Fsp3) is 0.143. The first-order valence-corrected chi connectivity index (χ1v) is 7.11. The Labute approximate surface area is 134 Å². The molecule has 0 radical (unpaired) electrons. The first-order chi connectivity index (χ1) is 9.88. The van der Waals surface area contributed by atoms with E-state index in [9.17, 15) is 14.7 Å². The summed E-state index contributed by atoms with van der Waals surface area (Å²) in [6, 6.07) is 6.41. The molecule has 0 bridgehead atoms. The van der Waals surface area contributed by atoms with E-state index in [0.717, 1.165) is 3.57 Å². The lowest BCUT2D eigenvalue weighted by Gasteiger charge is -2.10. The lowest BCUT2D eigenvalue weighted by atomic mass is 10.1. The Morgan fingerprint density at radius 1 is 1.14 bits per heavy atom. The Balaban J connectivity index is 2.36. The molecule has 0 saturated heterocycles. The highest BCUT2D eigenvalue weighted by Gasteiger charge is 2.16. The van der Waals surface area contributed by atoms with Gasteiger partial charge in [-0.2, -0.15) is 10.2 Å². The van der Waals surface area contributed by atoms with E-state index in [1.165, 1.54) is 6.07 Å². The predicted octanol–water partition coefficient (Wildman–Crippen LogP) is 2.65. The highest BCUT2D eigenvalue weighted by atomic mass is 127. The zero-order chi connectivity index (χ0) is 15.6. The number of nitrogens with one attached hydrogen (secondary N) is 1. The van der Waals surface area contributed by atoms with Gasteiger partial charge in [0.25, 0.3) is 5.91 Å². The number of aromatic carboxylic acids is 1. The summed E-state index contributed by atoms with van der Waals surface area (Å²) in [5.41, 5.74) is 1.78. The maximum atomic E-state index is 12.3. The average Bonchev–Trinajstić information content (AvgIpc) is 2.43. The van der Waals surface area contributed by atoms with Crippen LogP contribution in [0.15, 0.2) is 24.3 Å². The highest BCUT2D eigenvalue weighted by molar-refractivity contribution is 14.1. The van der Waals surface area contributed by atoms with Gasteiger partial charge in [0.15, 0.2) is 0 Å². The van der Waals surface area contributed by atoms with Crippen molar-refractivity contribution >= 4 is 40.2 Å². The van der Waals surface area contributed by atoms with E-state index in [-0.39, 0.29) is 11.3 Å². The number of aromatic nitrogens is 2. The van der Waals surface area contributed by atoms with Gasteiger partial charge in [-0.25, -0.2) is 4.79 Å². The van der Waals surface area contributed by atoms with Crippen molar-refractivity contribution in [2.45, 2.75) is 13.8 Å². The second kappa shape index (κ2) is 6.17. The molecule has 0 fully saturated rings. The molecule has 2 rings (SSSR count). The fourth-order valence-corrected chi connectivity index (χ4v) is 2.26. The number of aryl methyl sites for hydroxylation is 2. The molecule has 0 aliphatic rings. The van der Waals surface area contributed by atoms with E-state index in [2.05, 4.69) is 15.5 Å². The van der Waals surface area contributed by atoms with Gasteiger partial charge in [-0.1, -0.05) is 0 Å². The number of anilines is 1. The number of hydrogen-bond donors (Lipinski definition) is 2. The van der Waals surface area contributed by atoms with Crippen molar-refractivity contribution in [1.29, 1.82) is 0 Å². The fourth-order valence-electron chi connectivity index (χ4n) is 1.77. The van der Waals surface area contributed by atoms with E-state index in [1.54, 1.807) is 32.0 Å². The maximum Gasteiger partial charge on any atom is 0.337 e. The Bertz CT molecular complexity index is 731. The number of benzene rings is 1. The molecule has 0 aliphatic heterocycles. The summed E-state index contributed by atoms with van der Waals surface area (Å²) >= 11 is 2.02. The van der Waals surface area contributed by atoms with Crippen molar-refractivity contribution in [3.05, 3.63) is 50.4 Å². The molecule has 1 aromatic carbocycles. The van der Waals surface area contributed by atoms with Crippen LogP contribution in [0.25, 0.3) is 0 Å². The van der Waals surface area contributed by atoms with Crippen molar-refractivity contribution in [3.63, 3.8) is 0 Å². The number of amides is 1. The van der Waals surface area contributed by atoms with Crippen molar-refractivity contribution in [2.75, 3.05) is 5.32 Å². The predicted molar refractivity (Wildman–Crippen MR) is 85.6 cm³/mol. The molecule has 0 atom stereocenters. The van der Waals surface area contributed by atoms with Crippen LogP contribution in [0.2, 0.25) is 0 Å². The Morgan fingerprint density at radius 3 is 2.52 bits per heavy atom. The number of carboxylic acids is 1. The van der Waals surface area contributed by atoms with Crippen LogP contribution >= 0.6 is 22.6 Å². The largest absolute Gasteiger partial charge is 0.478 e. The minimum Gasteiger partial charge on any atom is -0.478 e. The lowest BCUT2D eigenvalue weighted by molar-refractivity contribution is 0.0698. The van der Waals surface area contributed by atoms with Crippen molar-refractivity contribution in [2.24, 2.45) is 0 Å². The van der Waals surface area contributed by atoms with Crippen LogP contribution < -0.4 is 5.32 Å².